The van der Waals surface area contributed by atoms with Crippen LogP contribution in [-0.4, -0.2) is 18.3 Å². The number of para-hydroxylation sites is 1. The first-order chi connectivity index (χ1) is 8.76. The second-order valence-electron chi connectivity index (χ2n) is 5.03. The van der Waals surface area contributed by atoms with Crippen molar-refractivity contribution in [2.45, 2.75) is 46.0 Å². The Morgan fingerprint density at radius 3 is 2.39 bits per heavy atom. The minimum atomic E-state index is 0.0464. The van der Waals surface area contributed by atoms with Gasteiger partial charge in [0.15, 0.2) is 0 Å². The van der Waals surface area contributed by atoms with Gasteiger partial charge >= 0.3 is 0 Å². The van der Waals surface area contributed by atoms with Crippen molar-refractivity contribution in [3.05, 3.63) is 30.3 Å². The summed E-state index contributed by atoms with van der Waals surface area (Å²) in [6.07, 6.45) is 5.40. The zero-order chi connectivity index (χ0) is 13.3. The summed E-state index contributed by atoms with van der Waals surface area (Å²) in [5.74, 6) is 0.913. The molecule has 1 aromatic carbocycles. The largest absolute Gasteiger partial charge is 0.494 e. The molecule has 0 radical (unpaired) electrons. The van der Waals surface area contributed by atoms with Crippen molar-refractivity contribution in [1.29, 1.82) is 0 Å². The summed E-state index contributed by atoms with van der Waals surface area (Å²) in [4.78, 5) is 0. The van der Waals surface area contributed by atoms with E-state index in [1.54, 1.807) is 0 Å². The zero-order valence-corrected chi connectivity index (χ0v) is 11.7. The van der Waals surface area contributed by atoms with E-state index in [9.17, 15) is 5.11 Å². The van der Waals surface area contributed by atoms with Gasteiger partial charge in [0.05, 0.1) is 6.61 Å². The van der Waals surface area contributed by atoms with Crippen LogP contribution in [0.3, 0.4) is 0 Å². The fourth-order valence-electron chi connectivity index (χ4n) is 2.20. The summed E-state index contributed by atoms with van der Waals surface area (Å²) < 4.78 is 5.73. The van der Waals surface area contributed by atoms with Crippen LogP contribution in [0.25, 0.3) is 0 Å². The summed E-state index contributed by atoms with van der Waals surface area (Å²) in [5, 5.41) is 9.64. The number of hydrogen-bond donors (Lipinski definition) is 1. The number of hydrogen-bond acceptors (Lipinski definition) is 2. The molecule has 0 aliphatic carbocycles. The predicted octanol–water partition coefficient (Wildman–Crippen LogP) is 4.03. The summed E-state index contributed by atoms with van der Waals surface area (Å²) in [5.41, 5.74) is 0.0464. The van der Waals surface area contributed by atoms with Crippen LogP contribution >= 0.6 is 0 Å². The van der Waals surface area contributed by atoms with Crippen LogP contribution in [0.15, 0.2) is 30.3 Å². The molecule has 0 heterocycles. The molecule has 0 amide bonds. The lowest BCUT2D eigenvalue weighted by Gasteiger charge is -2.30. The molecule has 1 atom stereocenters. The molecular formula is C16H26O2. The summed E-state index contributed by atoms with van der Waals surface area (Å²) >= 11 is 0. The van der Waals surface area contributed by atoms with Crippen molar-refractivity contribution in [1.82, 2.24) is 0 Å². The van der Waals surface area contributed by atoms with Crippen LogP contribution in [-0.2, 0) is 0 Å². The van der Waals surface area contributed by atoms with Crippen LogP contribution in [0, 0.1) is 5.41 Å². The second kappa shape index (κ2) is 8.15. The Morgan fingerprint density at radius 1 is 1.11 bits per heavy atom. The summed E-state index contributed by atoms with van der Waals surface area (Å²) in [6, 6.07) is 9.88. The fourth-order valence-corrected chi connectivity index (χ4v) is 2.20. The summed E-state index contributed by atoms with van der Waals surface area (Å²) in [6.45, 7) is 5.30. The average Bonchev–Trinajstić information content (AvgIpc) is 2.44. The van der Waals surface area contributed by atoms with Gasteiger partial charge in [-0.05, 0) is 36.8 Å². The number of aliphatic hydroxyl groups is 1. The molecule has 0 spiro atoms. The third kappa shape index (κ3) is 4.69. The van der Waals surface area contributed by atoms with Crippen molar-refractivity contribution in [3.63, 3.8) is 0 Å². The lowest BCUT2D eigenvalue weighted by atomic mass is 9.78. The van der Waals surface area contributed by atoms with Gasteiger partial charge in [0.2, 0.25) is 0 Å². The van der Waals surface area contributed by atoms with Gasteiger partial charge in [-0.2, -0.15) is 0 Å². The minimum absolute atomic E-state index is 0.0464. The number of ether oxygens (including phenoxy) is 1. The highest BCUT2D eigenvalue weighted by Crippen LogP contribution is 2.32. The van der Waals surface area contributed by atoms with Gasteiger partial charge in [0.25, 0.3) is 0 Å². The Bertz CT molecular complexity index is 304. The van der Waals surface area contributed by atoms with Gasteiger partial charge in [-0.25, -0.2) is 0 Å². The normalized spacial score (nSPS) is 14.2. The van der Waals surface area contributed by atoms with Gasteiger partial charge in [0, 0.05) is 6.61 Å². The van der Waals surface area contributed by atoms with Crippen molar-refractivity contribution >= 4 is 0 Å². The van der Waals surface area contributed by atoms with Gasteiger partial charge in [0.1, 0.15) is 5.75 Å². The number of aliphatic hydroxyl groups excluding tert-OH is 1. The Balaban J connectivity index is 2.42. The minimum Gasteiger partial charge on any atom is -0.494 e. The van der Waals surface area contributed by atoms with E-state index in [2.05, 4.69) is 13.8 Å². The maximum Gasteiger partial charge on any atom is 0.119 e. The van der Waals surface area contributed by atoms with E-state index in [0.717, 1.165) is 25.0 Å². The van der Waals surface area contributed by atoms with Crippen LogP contribution in [0.5, 0.6) is 5.75 Å². The third-order valence-corrected chi connectivity index (χ3v) is 3.79. The van der Waals surface area contributed by atoms with Crippen LogP contribution in [0.2, 0.25) is 0 Å². The standard InChI is InChI=1S/C16H26O2/c1-3-5-11-16(4-2,14-17)12-13-18-15-9-7-6-8-10-15/h6-10,17H,3-5,11-14H2,1-2H3. The molecule has 102 valence electrons. The fraction of sp³-hybridized carbons (Fsp3) is 0.625. The molecule has 2 nitrogen and oxygen atoms in total. The monoisotopic (exact) mass is 250 g/mol. The molecule has 0 saturated heterocycles. The maximum atomic E-state index is 9.64. The van der Waals surface area contributed by atoms with E-state index < -0.39 is 0 Å². The van der Waals surface area contributed by atoms with Gasteiger partial charge in [-0.1, -0.05) is 44.9 Å². The SMILES string of the molecule is CCCCC(CC)(CO)CCOc1ccccc1. The number of unbranched alkanes of at least 4 members (excludes halogenated alkanes) is 1. The highest BCUT2D eigenvalue weighted by Gasteiger charge is 2.26. The predicted molar refractivity (Wildman–Crippen MR) is 75.9 cm³/mol. The van der Waals surface area contributed by atoms with E-state index in [4.69, 9.17) is 4.74 Å². The van der Waals surface area contributed by atoms with Crippen molar-refractivity contribution in [2.24, 2.45) is 5.41 Å². The number of benzene rings is 1. The van der Waals surface area contributed by atoms with Crippen LogP contribution in [0.4, 0.5) is 0 Å². The molecular weight excluding hydrogens is 224 g/mol. The van der Waals surface area contributed by atoms with E-state index in [0.29, 0.717) is 6.61 Å². The van der Waals surface area contributed by atoms with Crippen LogP contribution in [0.1, 0.15) is 46.0 Å². The highest BCUT2D eigenvalue weighted by molar-refractivity contribution is 5.20. The van der Waals surface area contributed by atoms with E-state index in [1.165, 1.54) is 12.8 Å². The molecule has 0 aliphatic heterocycles. The molecule has 1 aromatic rings. The lowest BCUT2D eigenvalue weighted by molar-refractivity contribution is 0.0802. The van der Waals surface area contributed by atoms with Gasteiger partial charge in [-0.15, -0.1) is 0 Å². The quantitative estimate of drug-likeness (QED) is 0.717. The smallest absolute Gasteiger partial charge is 0.119 e. The molecule has 18 heavy (non-hydrogen) atoms. The molecule has 2 heteroatoms. The van der Waals surface area contributed by atoms with Gasteiger partial charge < -0.3 is 9.84 Å². The summed E-state index contributed by atoms with van der Waals surface area (Å²) in [7, 11) is 0. The van der Waals surface area contributed by atoms with E-state index in [-0.39, 0.29) is 12.0 Å². The van der Waals surface area contributed by atoms with Crippen molar-refractivity contribution in [2.75, 3.05) is 13.2 Å². The number of rotatable bonds is 9. The zero-order valence-electron chi connectivity index (χ0n) is 11.7. The Kier molecular flexibility index (Phi) is 6.81. The first-order valence-electron chi connectivity index (χ1n) is 7.05. The molecule has 0 aliphatic rings. The van der Waals surface area contributed by atoms with E-state index >= 15 is 0 Å². The van der Waals surface area contributed by atoms with Crippen molar-refractivity contribution < 1.29 is 9.84 Å². The molecule has 0 bridgehead atoms. The maximum absolute atomic E-state index is 9.64. The van der Waals surface area contributed by atoms with Crippen molar-refractivity contribution in [3.8, 4) is 5.75 Å². The Labute approximate surface area is 111 Å². The first kappa shape index (κ1) is 15.0. The lowest BCUT2D eigenvalue weighted by Crippen LogP contribution is -2.27. The van der Waals surface area contributed by atoms with E-state index in [1.807, 2.05) is 30.3 Å². The van der Waals surface area contributed by atoms with Gasteiger partial charge in [-0.3, -0.25) is 0 Å². The topological polar surface area (TPSA) is 29.5 Å². The molecule has 0 fully saturated rings. The molecule has 0 aromatic heterocycles. The average molecular weight is 250 g/mol. The Hall–Kier alpha value is -1.02. The Morgan fingerprint density at radius 2 is 1.83 bits per heavy atom. The molecule has 1 N–H and O–H groups in total. The highest BCUT2D eigenvalue weighted by atomic mass is 16.5. The second-order valence-corrected chi connectivity index (χ2v) is 5.03. The molecule has 1 rings (SSSR count). The van der Waals surface area contributed by atoms with Crippen LogP contribution < -0.4 is 4.74 Å². The molecule has 1 unspecified atom stereocenters. The molecule has 0 saturated carbocycles. The first-order valence-corrected chi connectivity index (χ1v) is 7.05. The third-order valence-electron chi connectivity index (χ3n) is 3.79.